The molecule has 0 aliphatic carbocycles. The summed E-state index contributed by atoms with van der Waals surface area (Å²) in [6, 6.07) is 20.3. The molecule has 5 rings (SSSR count). The van der Waals surface area contributed by atoms with Gasteiger partial charge in [-0.25, -0.2) is 4.99 Å². The molecular formula is C26H25BrN4O2S. The molecule has 0 radical (unpaired) electrons. The summed E-state index contributed by atoms with van der Waals surface area (Å²) in [5.41, 5.74) is 3.98. The minimum absolute atomic E-state index is 0.0156. The van der Waals surface area contributed by atoms with Crippen molar-refractivity contribution in [2.45, 2.75) is 6.92 Å². The molecule has 0 N–H and O–H groups in total. The fraction of sp³-hybridized carbons (Fsp3) is 0.231. The van der Waals surface area contributed by atoms with Crippen molar-refractivity contribution in [3.8, 4) is 5.69 Å². The van der Waals surface area contributed by atoms with Gasteiger partial charge < -0.3 is 14.2 Å². The lowest BCUT2D eigenvalue weighted by atomic mass is 10.2. The van der Waals surface area contributed by atoms with Crippen molar-refractivity contribution in [2.24, 2.45) is 4.99 Å². The van der Waals surface area contributed by atoms with Crippen LogP contribution in [0.15, 0.2) is 81.2 Å². The number of thioether (sulfide) groups is 1. The SMILES string of the molecule is CCN1C(=O)/C(=C/c2cccn2-c2cccc(Br)c2)SC1=Nc1ccc(N2CCOCC2)cc1. The standard InChI is InChI=1S/C26H25BrN4O2S/c1-2-30-25(32)24(18-23-7-4-12-31(23)22-6-3-5-19(27)17-22)34-26(30)28-20-8-10-21(11-9-20)29-13-15-33-16-14-29/h3-12,17-18H,2,13-16H2,1H3/b24-18-,28-26?. The van der Waals surface area contributed by atoms with Crippen molar-refractivity contribution in [1.82, 2.24) is 9.47 Å². The van der Waals surface area contributed by atoms with E-state index in [1.807, 2.05) is 61.7 Å². The predicted octanol–water partition coefficient (Wildman–Crippen LogP) is 5.70. The Morgan fingerprint density at radius 1 is 1.06 bits per heavy atom. The van der Waals surface area contributed by atoms with Gasteiger partial charge in [-0.3, -0.25) is 9.69 Å². The van der Waals surface area contributed by atoms with Crippen LogP contribution < -0.4 is 4.90 Å². The zero-order chi connectivity index (χ0) is 23.5. The van der Waals surface area contributed by atoms with Gasteiger partial charge in [-0.2, -0.15) is 0 Å². The zero-order valence-corrected chi connectivity index (χ0v) is 21.3. The van der Waals surface area contributed by atoms with Gasteiger partial charge in [-0.05, 0) is 79.4 Å². The molecule has 2 aromatic carbocycles. The summed E-state index contributed by atoms with van der Waals surface area (Å²) < 4.78 is 8.52. The highest BCUT2D eigenvalue weighted by Crippen LogP contribution is 2.35. The molecule has 0 atom stereocenters. The average molecular weight is 537 g/mol. The van der Waals surface area contributed by atoms with Crippen LogP contribution >= 0.6 is 27.7 Å². The number of hydrogen-bond donors (Lipinski definition) is 0. The number of rotatable bonds is 5. The summed E-state index contributed by atoms with van der Waals surface area (Å²) in [6.45, 7) is 5.86. The number of halogens is 1. The minimum Gasteiger partial charge on any atom is -0.378 e. The van der Waals surface area contributed by atoms with E-state index in [0.29, 0.717) is 16.6 Å². The second-order valence-corrected chi connectivity index (χ2v) is 9.88. The number of anilines is 1. The van der Waals surface area contributed by atoms with Crippen molar-refractivity contribution >= 4 is 56.2 Å². The third-order valence-corrected chi connectivity index (χ3v) is 7.30. The van der Waals surface area contributed by atoms with Crippen molar-refractivity contribution < 1.29 is 9.53 Å². The number of aliphatic imine (C=N–C) groups is 1. The first kappa shape index (κ1) is 23.0. The third-order valence-electron chi connectivity index (χ3n) is 5.80. The maximum Gasteiger partial charge on any atom is 0.266 e. The maximum absolute atomic E-state index is 13.1. The Balaban J connectivity index is 1.39. The van der Waals surface area contributed by atoms with Crippen LogP contribution in [0.1, 0.15) is 12.6 Å². The third kappa shape index (κ3) is 4.85. The van der Waals surface area contributed by atoms with E-state index >= 15 is 0 Å². The average Bonchev–Trinajstić information content (AvgIpc) is 3.44. The quantitative estimate of drug-likeness (QED) is 0.392. The molecule has 1 amide bonds. The van der Waals surface area contributed by atoms with Crippen molar-refractivity contribution in [3.05, 3.63) is 81.9 Å². The molecule has 6 nitrogen and oxygen atoms in total. The molecule has 2 fully saturated rings. The second kappa shape index (κ2) is 10.2. The first-order valence-electron chi connectivity index (χ1n) is 11.3. The van der Waals surface area contributed by atoms with Crippen molar-refractivity contribution in [2.75, 3.05) is 37.7 Å². The lowest BCUT2D eigenvalue weighted by Gasteiger charge is -2.28. The molecule has 2 aliphatic heterocycles. The summed E-state index contributed by atoms with van der Waals surface area (Å²) in [5, 5.41) is 0.707. The number of ether oxygens (including phenoxy) is 1. The molecule has 174 valence electrons. The largest absolute Gasteiger partial charge is 0.378 e. The monoisotopic (exact) mass is 536 g/mol. The van der Waals surface area contributed by atoms with Crippen LogP contribution in [0.2, 0.25) is 0 Å². The number of carbonyl (C=O) groups is 1. The Hall–Kier alpha value is -2.81. The summed E-state index contributed by atoms with van der Waals surface area (Å²) >= 11 is 4.96. The van der Waals surface area contributed by atoms with E-state index in [-0.39, 0.29) is 5.91 Å². The maximum atomic E-state index is 13.1. The second-order valence-electron chi connectivity index (χ2n) is 7.95. The van der Waals surface area contributed by atoms with Gasteiger partial charge in [0.15, 0.2) is 5.17 Å². The van der Waals surface area contributed by atoms with Crippen LogP contribution in [0, 0.1) is 0 Å². The molecule has 2 aliphatic rings. The number of carbonyl (C=O) groups excluding carboxylic acids is 1. The van der Waals surface area contributed by atoms with Crippen LogP contribution in [-0.2, 0) is 9.53 Å². The normalized spacial score (nSPS) is 18.9. The van der Waals surface area contributed by atoms with Gasteiger partial charge in [0.05, 0.1) is 23.8 Å². The molecule has 3 heterocycles. The predicted molar refractivity (Wildman–Crippen MR) is 143 cm³/mol. The highest BCUT2D eigenvalue weighted by Gasteiger charge is 2.32. The number of hydrogen-bond acceptors (Lipinski definition) is 5. The first-order chi connectivity index (χ1) is 16.6. The molecule has 0 saturated carbocycles. The minimum atomic E-state index is -0.0156. The van der Waals surface area contributed by atoms with Crippen molar-refractivity contribution in [3.63, 3.8) is 0 Å². The Labute approximate surface area is 212 Å². The topological polar surface area (TPSA) is 50.1 Å². The molecule has 2 saturated heterocycles. The smallest absolute Gasteiger partial charge is 0.266 e. The van der Waals surface area contributed by atoms with E-state index in [1.165, 1.54) is 17.4 Å². The number of morpholine rings is 1. The van der Waals surface area contributed by atoms with E-state index in [1.54, 1.807) is 4.90 Å². The molecule has 34 heavy (non-hydrogen) atoms. The number of aromatic nitrogens is 1. The highest BCUT2D eigenvalue weighted by atomic mass is 79.9. The first-order valence-corrected chi connectivity index (χ1v) is 12.9. The van der Waals surface area contributed by atoms with E-state index in [0.717, 1.165) is 47.8 Å². The van der Waals surface area contributed by atoms with Gasteiger partial charge in [0.2, 0.25) is 0 Å². The Morgan fingerprint density at radius 3 is 2.59 bits per heavy atom. The summed E-state index contributed by atoms with van der Waals surface area (Å²) in [6.07, 6.45) is 3.95. The van der Waals surface area contributed by atoms with Crippen LogP contribution in [-0.4, -0.2) is 53.4 Å². The lowest BCUT2D eigenvalue weighted by molar-refractivity contribution is -0.122. The Kier molecular flexibility index (Phi) is 6.89. The number of amides is 1. The van der Waals surface area contributed by atoms with Crippen LogP contribution in [0.3, 0.4) is 0 Å². The summed E-state index contributed by atoms with van der Waals surface area (Å²) in [4.78, 5) is 22.7. The van der Waals surface area contributed by atoms with Crippen LogP contribution in [0.4, 0.5) is 11.4 Å². The van der Waals surface area contributed by atoms with E-state index in [9.17, 15) is 4.79 Å². The lowest BCUT2D eigenvalue weighted by Crippen LogP contribution is -2.36. The van der Waals surface area contributed by atoms with Gasteiger partial charge in [0.1, 0.15) is 0 Å². The van der Waals surface area contributed by atoms with Crippen LogP contribution in [0.5, 0.6) is 0 Å². The van der Waals surface area contributed by atoms with Gasteiger partial charge in [-0.1, -0.05) is 22.0 Å². The van der Waals surface area contributed by atoms with Gasteiger partial charge in [0, 0.05) is 47.4 Å². The van der Waals surface area contributed by atoms with E-state index < -0.39 is 0 Å². The van der Waals surface area contributed by atoms with Gasteiger partial charge in [-0.15, -0.1) is 0 Å². The summed E-state index contributed by atoms with van der Waals surface area (Å²) in [5.74, 6) is -0.0156. The molecule has 0 bridgehead atoms. The highest BCUT2D eigenvalue weighted by molar-refractivity contribution is 9.10. The fourth-order valence-corrected chi connectivity index (χ4v) is 5.48. The molecule has 1 aromatic heterocycles. The molecule has 0 spiro atoms. The van der Waals surface area contributed by atoms with E-state index in [2.05, 4.69) is 43.6 Å². The molecule has 8 heteroatoms. The Morgan fingerprint density at radius 2 is 1.85 bits per heavy atom. The van der Waals surface area contributed by atoms with E-state index in [4.69, 9.17) is 9.73 Å². The number of benzene rings is 2. The molecular weight excluding hydrogens is 512 g/mol. The van der Waals surface area contributed by atoms with Crippen molar-refractivity contribution in [1.29, 1.82) is 0 Å². The Bertz CT molecular complexity index is 1250. The van der Waals surface area contributed by atoms with Gasteiger partial charge >= 0.3 is 0 Å². The summed E-state index contributed by atoms with van der Waals surface area (Å²) in [7, 11) is 0. The number of amidine groups is 1. The number of likely N-dealkylation sites (N-methyl/N-ethyl adjacent to an activating group) is 1. The van der Waals surface area contributed by atoms with Gasteiger partial charge in [0.25, 0.3) is 5.91 Å². The fourth-order valence-electron chi connectivity index (χ4n) is 4.05. The molecule has 0 unspecified atom stereocenters. The van der Waals surface area contributed by atoms with Crippen LogP contribution in [0.25, 0.3) is 11.8 Å². The molecule has 3 aromatic rings. The number of nitrogens with zero attached hydrogens (tertiary/aromatic N) is 4. The zero-order valence-electron chi connectivity index (χ0n) is 18.9.